The third-order valence-corrected chi connectivity index (χ3v) is 5.29. The Kier molecular flexibility index (Phi) is 10.1. The number of nitrogens with one attached hydrogen (secondary N) is 1. The smallest absolute Gasteiger partial charge is 0.194 e. The molecule has 0 aliphatic carbocycles. The van der Waals surface area contributed by atoms with Crippen LogP contribution in [-0.2, 0) is 13.1 Å². The lowest BCUT2D eigenvalue weighted by atomic mass is 10.2. The molecule has 0 amide bonds. The zero-order valence-electron chi connectivity index (χ0n) is 18.0. The molecule has 30 heavy (non-hydrogen) atoms. The van der Waals surface area contributed by atoms with Gasteiger partial charge >= 0.3 is 0 Å². The lowest BCUT2D eigenvalue weighted by Crippen LogP contribution is -2.44. The van der Waals surface area contributed by atoms with Gasteiger partial charge in [0, 0.05) is 57.5 Å². The molecule has 1 aliphatic heterocycles. The predicted molar refractivity (Wildman–Crippen MR) is 137 cm³/mol. The molecular weight excluding hydrogens is 511 g/mol. The Bertz CT molecular complexity index is 806. The number of guanidine groups is 1. The molecular formula is C22H32ClIN6. The highest BCUT2D eigenvalue weighted by molar-refractivity contribution is 14.0. The SMILES string of the molecule is CCNC(=NCc1ccc(N2CCN(C)CC2)nc1)N(C)Cc1cccc(Cl)c1.I. The van der Waals surface area contributed by atoms with E-state index in [2.05, 4.69) is 57.2 Å². The second kappa shape index (κ2) is 12.3. The van der Waals surface area contributed by atoms with Crippen molar-refractivity contribution in [2.75, 3.05) is 51.7 Å². The van der Waals surface area contributed by atoms with Gasteiger partial charge in [-0.15, -0.1) is 24.0 Å². The van der Waals surface area contributed by atoms with Gasteiger partial charge in [0.1, 0.15) is 5.82 Å². The van der Waals surface area contributed by atoms with E-state index in [0.717, 1.165) is 67.2 Å². The summed E-state index contributed by atoms with van der Waals surface area (Å²) < 4.78 is 0. The van der Waals surface area contributed by atoms with Gasteiger partial charge in [0.2, 0.25) is 0 Å². The molecule has 1 aliphatic rings. The van der Waals surface area contributed by atoms with E-state index in [1.807, 2.05) is 31.4 Å². The molecule has 1 saturated heterocycles. The third kappa shape index (κ3) is 7.28. The molecule has 164 valence electrons. The van der Waals surface area contributed by atoms with Crippen LogP contribution in [0.4, 0.5) is 5.82 Å². The van der Waals surface area contributed by atoms with Gasteiger partial charge in [-0.3, -0.25) is 0 Å². The Balaban J connectivity index is 0.00000320. The number of nitrogens with zero attached hydrogens (tertiary/aromatic N) is 5. The fraction of sp³-hybridized carbons (Fsp3) is 0.455. The Hall–Kier alpha value is -1.58. The van der Waals surface area contributed by atoms with E-state index < -0.39 is 0 Å². The summed E-state index contributed by atoms with van der Waals surface area (Å²) in [7, 11) is 4.20. The Labute approximate surface area is 202 Å². The number of benzene rings is 1. The quantitative estimate of drug-likeness (QED) is 0.343. The van der Waals surface area contributed by atoms with Gasteiger partial charge in [-0.2, -0.15) is 0 Å². The van der Waals surface area contributed by atoms with Crippen molar-refractivity contribution >= 4 is 47.4 Å². The maximum Gasteiger partial charge on any atom is 0.194 e. The number of halogens is 2. The van der Waals surface area contributed by atoms with Gasteiger partial charge in [-0.1, -0.05) is 29.8 Å². The summed E-state index contributed by atoms with van der Waals surface area (Å²) in [6.45, 7) is 8.46. The normalized spacial score (nSPS) is 14.9. The van der Waals surface area contributed by atoms with Crippen LogP contribution < -0.4 is 10.2 Å². The molecule has 1 aromatic carbocycles. The van der Waals surface area contributed by atoms with Gasteiger partial charge in [0.15, 0.2) is 5.96 Å². The lowest BCUT2D eigenvalue weighted by molar-refractivity contribution is 0.312. The average Bonchev–Trinajstić information content (AvgIpc) is 2.72. The second-order valence-electron chi connectivity index (χ2n) is 7.47. The van der Waals surface area contributed by atoms with Crippen molar-refractivity contribution in [2.24, 2.45) is 4.99 Å². The van der Waals surface area contributed by atoms with Gasteiger partial charge in [0.05, 0.1) is 6.54 Å². The van der Waals surface area contributed by atoms with Crippen LogP contribution in [0, 0.1) is 0 Å². The Morgan fingerprint density at radius 3 is 2.57 bits per heavy atom. The molecule has 1 fully saturated rings. The van der Waals surface area contributed by atoms with Gasteiger partial charge in [-0.25, -0.2) is 9.98 Å². The van der Waals surface area contributed by atoms with Gasteiger partial charge < -0.3 is 20.0 Å². The topological polar surface area (TPSA) is 47.0 Å². The number of anilines is 1. The van der Waals surface area contributed by atoms with Gasteiger partial charge in [0.25, 0.3) is 0 Å². The molecule has 1 aromatic heterocycles. The molecule has 8 heteroatoms. The summed E-state index contributed by atoms with van der Waals surface area (Å²) in [5, 5.41) is 4.12. The Morgan fingerprint density at radius 1 is 1.17 bits per heavy atom. The molecule has 2 aromatic rings. The summed E-state index contributed by atoms with van der Waals surface area (Å²) in [5.74, 6) is 1.92. The van der Waals surface area contributed by atoms with Crippen LogP contribution in [0.5, 0.6) is 0 Å². The average molecular weight is 543 g/mol. The maximum atomic E-state index is 6.11. The first-order valence-electron chi connectivity index (χ1n) is 10.2. The van der Waals surface area contributed by atoms with E-state index in [1.54, 1.807) is 0 Å². The minimum Gasteiger partial charge on any atom is -0.357 e. The number of rotatable bonds is 6. The van der Waals surface area contributed by atoms with E-state index >= 15 is 0 Å². The van der Waals surface area contributed by atoms with Crippen LogP contribution in [-0.4, -0.2) is 67.6 Å². The van der Waals surface area contributed by atoms with Crippen LogP contribution >= 0.6 is 35.6 Å². The highest BCUT2D eigenvalue weighted by Crippen LogP contribution is 2.15. The lowest BCUT2D eigenvalue weighted by Gasteiger charge is -2.33. The van der Waals surface area contributed by atoms with Crippen LogP contribution in [0.25, 0.3) is 0 Å². The van der Waals surface area contributed by atoms with Crippen molar-refractivity contribution in [2.45, 2.75) is 20.0 Å². The van der Waals surface area contributed by atoms with E-state index in [9.17, 15) is 0 Å². The first kappa shape index (κ1) is 24.7. The maximum absolute atomic E-state index is 6.11. The summed E-state index contributed by atoms with van der Waals surface area (Å²) in [5.41, 5.74) is 2.26. The monoisotopic (exact) mass is 542 g/mol. The molecule has 0 atom stereocenters. The number of likely N-dealkylation sites (N-methyl/N-ethyl adjacent to an activating group) is 1. The first-order valence-corrected chi connectivity index (χ1v) is 10.5. The van der Waals surface area contributed by atoms with E-state index in [0.29, 0.717) is 6.54 Å². The number of hydrogen-bond acceptors (Lipinski definition) is 4. The number of piperazine rings is 1. The molecule has 0 spiro atoms. The molecule has 3 rings (SSSR count). The summed E-state index contributed by atoms with van der Waals surface area (Å²) in [6.07, 6.45) is 1.94. The predicted octanol–water partition coefficient (Wildman–Crippen LogP) is 3.70. The number of aromatic nitrogens is 1. The summed E-state index contributed by atoms with van der Waals surface area (Å²) in [6, 6.07) is 12.2. The van der Waals surface area contributed by atoms with Crippen molar-refractivity contribution in [3.63, 3.8) is 0 Å². The van der Waals surface area contributed by atoms with Gasteiger partial charge in [-0.05, 0) is 43.3 Å². The fourth-order valence-corrected chi connectivity index (χ4v) is 3.57. The van der Waals surface area contributed by atoms with Crippen LogP contribution in [0.3, 0.4) is 0 Å². The van der Waals surface area contributed by atoms with Crippen LogP contribution in [0.1, 0.15) is 18.1 Å². The number of aliphatic imine (C=N–C) groups is 1. The molecule has 0 unspecified atom stereocenters. The first-order chi connectivity index (χ1) is 14.0. The summed E-state index contributed by atoms with van der Waals surface area (Å²) in [4.78, 5) is 16.3. The van der Waals surface area contributed by atoms with Crippen LogP contribution in [0.15, 0.2) is 47.6 Å². The second-order valence-corrected chi connectivity index (χ2v) is 7.91. The number of pyridine rings is 1. The molecule has 0 bridgehead atoms. The zero-order chi connectivity index (χ0) is 20.6. The fourth-order valence-electron chi connectivity index (χ4n) is 3.35. The van der Waals surface area contributed by atoms with Crippen molar-refractivity contribution in [3.05, 3.63) is 58.7 Å². The third-order valence-electron chi connectivity index (χ3n) is 5.05. The standard InChI is InChI=1S/C22H31ClN6.HI/c1-4-24-22(28(3)17-18-6-5-7-20(23)14-18)26-16-19-8-9-21(25-15-19)29-12-10-27(2)11-13-29;/h5-9,14-15H,4,10-13,16-17H2,1-3H3,(H,24,26);1H. The van der Waals surface area contributed by atoms with Crippen molar-refractivity contribution in [3.8, 4) is 0 Å². The minimum absolute atomic E-state index is 0. The molecule has 2 heterocycles. The Morgan fingerprint density at radius 2 is 1.93 bits per heavy atom. The summed E-state index contributed by atoms with van der Waals surface area (Å²) >= 11 is 6.11. The largest absolute Gasteiger partial charge is 0.357 e. The highest BCUT2D eigenvalue weighted by Gasteiger charge is 2.15. The van der Waals surface area contributed by atoms with Crippen molar-refractivity contribution in [1.82, 2.24) is 20.1 Å². The molecule has 0 saturated carbocycles. The zero-order valence-corrected chi connectivity index (χ0v) is 21.1. The van der Waals surface area contributed by atoms with E-state index in [1.165, 1.54) is 0 Å². The van der Waals surface area contributed by atoms with Crippen LogP contribution in [0.2, 0.25) is 5.02 Å². The number of hydrogen-bond donors (Lipinski definition) is 1. The van der Waals surface area contributed by atoms with Crippen molar-refractivity contribution < 1.29 is 0 Å². The van der Waals surface area contributed by atoms with Crippen molar-refractivity contribution in [1.29, 1.82) is 0 Å². The van der Waals surface area contributed by atoms with E-state index in [-0.39, 0.29) is 24.0 Å². The minimum atomic E-state index is 0. The molecule has 1 N–H and O–H groups in total. The van der Waals surface area contributed by atoms with E-state index in [4.69, 9.17) is 16.6 Å². The highest BCUT2D eigenvalue weighted by atomic mass is 127. The molecule has 6 nitrogen and oxygen atoms in total. The molecule has 0 radical (unpaired) electrons.